The van der Waals surface area contributed by atoms with Crippen molar-refractivity contribution in [1.82, 2.24) is 4.98 Å². The van der Waals surface area contributed by atoms with Crippen molar-refractivity contribution >= 4 is 21.6 Å². The first-order valence-electron chi connectivity index (χ1n) is 6.59. The Morgan fingerprint density at radius 1 is 1.05 bits per heavy atom. The molecule has 0 bridgehead atoms. The first kappa shape index (κ1) is 14.1. The number of aromatic nitrogens is 1. The van der Waals surface area contributed by atoms with Crippen LogP contribution in [0.3, 0.4) is 0 Å². The Morgan fingerprint density at radius 2 is 1.86 bits per heavy atom. The predicted octanol–water partition coefficient (Wildman–Crippen LogP) is 3.72. The van der Waals surface area contributed by atoms with Crippen LogP contribution >= 0.6 is 11.3 Å². The highest BCUT2D eigenvalue weighted by molar-refractivity contribution is 7.18. The van der Waals surface area contributed by atoms with Gasteiger partial charge in [-0.3, -0.25) is 0 Å². The monoisotopic (exact) mass is 305 g/mol. The molecule has 0 saturated heterocycles. The van der Waals surface area contributed by atoms with Gasteiger partial charge >= 0.3 is 0 Å². The van der Waals surface area contributed by atoms with E-state index in [1.807, 2.05) is 24.3 Å². The fourth-order valence-electron chi connectivity index (χ4n) is 2.24. The van der Waals surface area contributed by atoms with Gasteiger partial charge in [-0.2, -0.15) is 0 Å². The van der Waals surface area contributed by atoms with E-state index in [-0.39, 0.29) is 12.0 Å². The molecule has 1 unspecified atom stereocenters. The van der Waals surface area contributed by atoms with Crippen LogP contribution in [-0.4, -0.2) is 16.2 Å². The quantitative estimate of drug-likeness (QED) is 0.797. The van der Waals surface area contributed by atoms with E-state index in [0.717, 1.165) is 21.3 Å². The van der Waals surface area contributed by atoms with E-state index in [9.17, 15) is 13.9 Å². The van der Waals surface area contributed by atoms with Gasteiger partial charge in [0, 0.05) is 12.8 Å². The van der Waals surface area contributed by atoms with Gasteiger partial charge in [0.2, 0.25) is 0 Å². The molecule has 0 aliphatic carbocycles. The van der Waals surface area contributed by atoms with Gasteiger partial charge in [0.25, 0.3) is 0 Å². The molecule has 21 heavy (non-hydrogen) atoms. The van der Waals surface area contributed by atoms with Crippen LogP contribution in [0.25, 0.3) is 10.2 Å². The van der Waals surface area contributed by atoms with Crippen LogP contribution in [0.5, 0.6) is 0 Å². The SMILES string of the molecule is OC(Cc1nc2ccccc2s1)Cc1cccc(F)c1F. The maximum Gasteiger partial charge on any atom is 0.162 e. The molecule has 1 aromatic heterocycles. The average molecular weight is 305 g/mol. The maximum atomic E-state index is 13.6. The first-order valence-corrected chi connectivity index (χ1v) is 7.40. The Kier molecular flexibility index (Phi) is 3.94. The minimum atomic E-state index is -0.889. The van der Waals surface area contributed by atoms with Gasteiger partial charge in [-0.15, -0.1) is 11.3 Å². The minimum Gasteiger partial charge on any atom is -0.392 e. The second kappa shape index (κ2) is 5.87. The number of fused-ring (bicyclic) bond motifs is 1. The Balaban J connectivity index is 1.74. The van der Waals surface area contributed by atoms with Gasteiger partial charge in [-0.05, 0) is 23.8 Å². The highest BCUT2D eigenvalue weighted by Gasteiger charge is 2.15. The number of aliphatic hydroxyl groups excluding tert-OH is 1. The lowest BCUT2D eigenvalue weighted by atomic mass is 10.1. The molecule has 2 nitrogen and oxygen atoms in total. The molecule has 1 heterocycles. The third-order valence-corrected chi connectivity index (χ3v) is 4.29. The van der Waals surface area contributed by atoms with Crippen molar-refractivity contribution in [3.05, 3.63) is 64.7 Å². The molecular weight excluding hydrogens is 292 g/mol. The number of benzene rings is 2. The number of aliphatic hydroxyl groups is 1. The lowest BCUT2D eigenvalue weighted by Gasteiger charge is -2.09. The molecule has 0 aliphatic heterocycles. The Bertz CT molecular complexity index is 739. The molecule has 1 atom stereocenters. The summed E-state index contributed by atoms with van der Waals surface area (Å²) in [5.74, 6) is -1.78. The zero-order valence-electron chi connectivity index (χ0n) is 11.1. The summed E-state index contributed by atoms with van der Waals surface area (Å²) in [5, 5.41) is 10.9. The third-order valence-electron chi connectivity index (χ3n) is 3.24. The lowest BCUT2D eigenvalue weighted by molar-refractivity contribution is 0.174. The molecule has 0 fully saturated rings. The van der Waals surface area contributed by atoms with Gasteiger partial charge in [0.05, 0.1) is 21.3 Å². The minimum absolute atomic E-state index is 0.0690. The van der Waals surface area contributed by atoms with Crippen LogP contribution in [0.2, 0.25) is 0 Å². The zero-order valence-corrected chi connectivity index (χ0v) is 11.9. The smallest absolute Gasteiger partial charge is 0.162 e. The molecule has 0 saturated carbocycles. The summed E-state index contributed by atoms with van der Waals surface area (Å²) in [5.41, 5.74) is 1.07. The normalized spacial score (nSPS) is 12.7. The van der Waals surface area contributed by atoms with Gasteiger partial charge in [-0.25, -0.2) is 13.8 Å². The summed E-state index contributed by atoms with van der Waals surface area (Å²) in [6.07, 6.45) is -0.392. The van der Waals surface area contributed by atoms with E-state index >= 15 is 0 Å². The summed E-state index contributed by atoms with van der Waals surface area (Å²) in [6.45, 7) is 0. The van der Waals surface area contributed by atoms with Crippen molar-refractivity contribution in [3.63, 3.8) is 0 Å². The van der Waals surface area contributed by atoms with Gasteiger partial charge < -0.3 is 5.11 Å². The van der Waals surface area contributed by atoms with E-state index in [1.165, 1.54) is 23.5 Å². The van der Waals surface area contributed by atoms with Gasteiger partial charge in [-0.1, -0.05) is 24.3 Å². The second-order valence-electron chi connectivity index (χ2n) is 4.85. The molecule has 5 heteroatoms. The highest BCUT2D eigenvalue weighted by atomic mass is 32.1. The molecule has 3 rings (SSSR count). The van der Waals surface area contributed by atoms with Crippen molar-refractivity contribution in [2.75, 3.05) is 0 Å². The second-order valence-corrected chi connectivity index (χ2v) is 5.97. The van der Waals surface area contributed by atoms with Gasteiger partial charge in [0.1, 0.15) is 0 Å². The first-order chi connectivity index (χ1) is 10.1. The van der Waals surface area contributed by atoms with Crippen molar-refractivity contribution in [2.24, 2.45) is 0 Å². The van der Waals surface area contributed by atoms with Crippen molar-refractivity contribution in [2.45, 2.75) is 18.9 Å². The summed E-state index contributed by atoms with van der Waals surface area (Å²) in [7, 11) is 0. The molecule has 3 aromatic rings. The fraction of sp³-hybridized carbons (Fsp3) is 0.188. The van der Waals surface area contributed by atoms with Crippen molar-refractivity contribution < 1.29 is 13.9 Å². The summed E-state index contributed by atoms with van der Waals surface area (Å²) in [6, 6.07) is 11.7. The van der Waals surface area contributed by atoms with E-state index in [0.29, 0.717) is 6.42 Å². The lowest BCUT2D eigenvalue weighted by Crippen LogP contribution is -2.15. The number of para-hydroxylation sites is 1. The van der Waals surface area contributed by atoms with Crippen LogP contribution in [0, 0.1) is 11.6 Å². The molecular formula is C16H13F2NOS. The highest BCUT2D eigenvalue weighted by Crippen LogP contribution is 2.23. The average Bonchev–Trinajstić information content (AvgIpc) is 2.86. The summed E-state index contributed by atoms with van der Waals surface area (Å²) in [4.78, 5) is 4.42. The van der Waals surface area contributed by atoms with Crippen LogP contribution in [0.15, 0.2) is 42.5 Å². The van der Waals surface area contributed by atoms with E-state index in [1.54, 1.807) is 0 Å². The predicted molar refractivity (Wildman–Crippen MR) is 79.4 cm³/mol. The zero-order chi connectivity index (χ0) is 14.8. The molecule has 2 aromatic carbocycles. The Hall–Kier alpha value is -1.85. The number of hydrogen-bond donors (Lipinski definition) is 1. The van der Waals surface area contributed by atoms with Crippen LogP contribution in [0.1, 0.15) is 10.6 Å². The standard InChI is InChI=1S/C16H13F2NOS/c17-12-5-3-4-10(16(12)18)8-11(20)9-15-19-13-6-1-2-7-14(13)21-15/h1-7,11,20H,8-9H2. The maximum absolute atomic E-state index is 13.6. The van der Waals surface area contributed by atoms with Crippen molar-refractivity contribution in [3.8, 4) is 0 Å². The summed E-state index contributed by atoms with van der Waals surface area (Å²) >= 11 is 1.50. The number of hydrogen-bond acceptors (Lipinski definition) is 3. The fourth-order valence-corrected chi connectivity index (χ4v) is 3.28. The molecule has 0 amide bonds. The van der Waals surface area contributed by atoms with Crippen LogP contribution < -0.4 is 0 Å². The number of nitrogens with zero attached hydrogens (tertiary/aromatic N) is 1. The number of rotatable bonds is 4. The largest absolute Gasteiger partial charge is 0.392 e. The van der Waals surface area contributed by atoms with E-state index in [4.69, 9.17) is 0 Å². The Morgan fingerprint density at radius 3 is 2.67 bits per heavy atom. The van der Waals surface area contributed by atoms with Crippen LogP contribution in [0.4, 0.5) is 8.78 Å². The number of thiazole rings is 1. The van der Waals surface area contributed by atoms with Gasteiger partial charge in [0.15, 0.2) is 11.6 Å². The van der Waals surface area contributed by atoms with E-state index < -0.39 is 17.7 Å². The van der Waals surface area contributed by atoms with E-state index in [2.05, 4.69) is 4.98 Å². The molecule has 108 valence electrons. The van der Waals surface area contributed by atoms with Crippen LogP contribution in [-0.2, 0) is 12.8 Å². The summed E-state index contributed by atoms with van der Waals surface area (Å²) < 4.78 is 27.8. The topological polar surface area (TPSA) is 33.1 Å². The van der Waals surface area contributed by atoms with Crippen molar-refractivity contribution in [1.29, 1.82) is 0 Å². The molecule has 0 radical (unpaired) electrons. The number of halogens is 2. The molecule has 1 N–H and O–H groups in total. The molecule has 0 spiro atoms. The molecule has 0 aliphatic rings. The third kappa shape index (κ3) is 3.09. The Labute approximate surface area is 124 Å².